The fraction of sp³-hybridized carbons (Fsp3) is 0.500. The van der Waals surface area contributed by atoms with Gasteiger partial charge in [-0.1, -0.05) is 13.8 Å². The summed E-state index contributed by atoms with van der Waals surface area (Å²) >= 11 is 0. The fourth-order valence-corrected chi connectivity index (χ4v) is 2.56. The molecule has 18 heavy (non-hydrogen) atoms. The second-order valence-corrected chi connectivity index (χ2v) is 5.19. The molecule has 98 valence electrons. The van der Waals surface area contributed by atoms with Gasteiger partial charge in [-0.25, -0.2) is 4.39 Å². The highest BCUT2D eigenvalue weighted by Crippen LogP contribution is 2.26. The SMILES string of the molecule is CC(C)C1CCCN1C(=O)c1ccc(N)c(F)c1. The van der Waals surface area contributed by atoms with Gasteiger partial charge in [0.05, 0.1) is 5.69 Å². The number of amides is 1. The van der Waals surface area contributed by atoms with E-state index in [4.69, 9.17) is 5.73 Å². The van der Waals surface area contributed by atoms with Gasteiger partial charge in [-0.05, 0) is 37.0 Å². The van der Waals surface area contributed by atoms with Gasteiger partial charge in [0.25, 0.3) is 5.91 Å². The fourth-order valence-electron chi connectivity index (χ4n) is 2.56. The molecule has 2 N–H and O–H groups in total. The van der Waals surface area contributed by atoms with Gasteiger partial charge < -0.3 is 10.6 Å². The molecule has 1 atom stereocenters. The Balaban J connectivity index is 2.22. The van der Waals surface area contributed by atoms with E-state index < -0.39 is 5.82 Å². The third-order valence-corrected chi connectivity index (χ3v) is 3.58. The van der Waals surface area contributed by atoms with Gasteiger partial charge in [-0.15, -0.1) is 0 Å². The van der Waals surface area contributed by atoms with E-state index in [0.717, 1.165) is 19.4 Å². The van der Waals surface area contributed by atoms with Gasteiger partial charge in [0.2, 0.25) is 0 Å². The van der Waals surface area contributed by atoms with Crippen LogP contribution in [0.1, 0.15) is 37.0 Å². The second-order valence-electron chi connectivity index (χ2n) is 5.19. The first-order chi connectivity index (χ1) is 8.50. The number of benzene rings is 1. The van der Waals surface area contributed by atoms with Crippen molar-refractivity contribution < 1.29 is 9.18 Å². The number of nitrogen functional groups attached to an aromatic ring is 1. The van der Waals surface area contributed by atoms with Gasteiger partial charge in [0.15, 0.2) is 0 Å². The quantitative estimate of drug-likeness (QED) is 0.820. The van der Waals surface area contributed by atoms with Crippen LogP contribution in [-0.4, -0.2) is 23.4 Å². The molecule has 0 bridgehead atoms. The highest BCUT2D eigenvalue weighted by molar-refractivity contribution is 5.95. The lowest BCUT2D eigenvalue weighted by atomic mass is 10.0. The number of nitrogens with two attached hydrogens (primary N) is 1. The number of nitrogens with zero attached hydrogens (tertiary/aromatic N) is 1. The normalized spacial score (nSPS) is 19.6. The number of hydrogen-bond donors (Lipinski definition) is 1. The zero-order valence-corrected chi connectivity index (χ0v) is 10.8. The van der Waals surface area contributed by atoms with Crippen molar-refractivity contribution in [2.75, 3.05) is 12.3 Å². The average molecular weight is 250 g/mol. The Hall–Kier alpha value is -1.58. The van der Waals surface area contributed by atoms with Crippen molar-refractivity contribution in [3.8, 4) is 0 Å². The van der Waals surface area contributed by atoms with Crippen molar-refractivity contribution in [2.24, 2.45) is 5.92 Å². The van der Waals surface area contributed by atoms with Crippen molar-refractivity contribution in [3.05, 3.63) is 29.6 Å². The summed E-state index contributed by atoms with van der Waals surface area (Å²) in [5, 5.41) is 0. The standard InChI is InChI=1S/C14H19FN2O/c1-9(2)13-4-3-7-17(13)14(18)10-5-6-12(16)11(15)8-10/h5-6,8-9,13H,3-4,7,16H2,1-2H3. The lowest BCUT2D eigenvalue weighted by Crippen LogP contribution is -2.38. The van der Waals surface area contributed by atoms with E-state index in [2.05, 4.69) is 13.8 Å². The van der Waals surface area contributed by atoms with Crippen LogP contribution in [0.4, 0.5) is 10.1 Å². The van der Waals surface area contributed by atoms with E-state index in [-0.39, 0.29) is 17.6 Å². The minimum atomic E-state index is -0.527. The largest absolute Gasteiger partial charge is 0.396 e. The number of hydrogen-bond acceptors (Lipinski definition) is 2. The van der Waals surface area contributed by atoms with E-state index in [1.807, 2.05) is 4.90 Å². The first-order valence-corrected chi connectivity index (χ1v) is 6.36. The maximum atomic E-state index is 13.4. The van der Waals surface area contributed by atoms with Gasteiger partial charge >= 0.3 is 0 Å². The summed E-state index contributed by atoms with van der Waals surface area (Å²) in [6.45, 7) is 4.98. The molecule has 0 radical (unpaired) electrons. The Morgan fingerprint density at radius 3 is 2.83 bits per heavy atom. The predicted octanol–water partition coefficient (Wildman–Crippen LogP) is 2.67. The van der Waals surface area contributed by atoms with E-state index in [1.54, 1.807) is 6.07 Å². The summed E-state index contributed by atoms with van der Waals surface area (Å²) in [6, 6.07) is 4.53. The lowest BCUT2D eigenvalue weighted by Gasteiger charge is -2.27. The van der Waals surface area contributed by atoms with Gasteiger partial charge in [-0.2, -0.15) is 0 Å². The molecule has 0 saturated carbocycles. The average Bonchev–Trinajstić information content (AvgIpc) is 2.81. The van der Waals surface area contributed by atoms with Crippen molar-refractivity contribution in [2.45, 2.75) is 32.7 Å². The summed E-state index contributed by atoms with van der Waals surface area (Å²) in [7, 11) is 0. The Labute approximate surface area is 107 Å². The lowest BCUT2D eigenvalue weighted by molar-refractivity contribution is 0.0701. The van der Waals surface area contributed by atoms with Crippen LogP contribution in [0.5, 0.6) is 0 Å². The van der Waals surface area contributed by atoms with Crippen LogP contribution in [-0.2, 0) is 0 Å². The summed E-state index contributed by atoms with van der Waals surface area (Å²) < 4.78 is 13.4. The predicted molar refractivity (Wildman–Crippen MR) is 69.7 cm³/mol. The van der Waals surface area contributed by atoms with Gasteiger partial charge in [0.1, 0.15) is 5.82 Å². The third kappa shape index (κ3) is 2.33. The summed E-state index contributed by atoms with van der Waals surface area (Å²) in [5.74, 6) is -0.193. The van der Waals surface area contributed by atoms with Crippen molar-refractivity contribution in [3.63, 3.8) is 0 Å². The first kappa shape index (κ1) is 12.9. The van der Waals surface area contributed by atoms with Crippen LogP contribution in [0.25, 0.3) is 0 Å². The van der Waals surface area contributed by atoms with Crippen LogP contribution < -0.4 is 5.73 Å². The number of rotatable bonds is 2. The summed E-state index contributed by atoms with van der Waals surface area (Å²) in [5.41, 5.74) is 5.88. The topological polar surface area (TPSA) is 46.3 Å². The Kier molecular flexibility index (Phi) is 3.55. The number of carbonyl (C=O) groups excluding carboxylic acids is 1. The molecule has 1 aromatic rings. The molecule has 1 aromatic carbocycles. The monoisotopic (exact) mass is 250 g/mol. The van der Waals surface area contributed by atoms with Gasteiger partial charge in [-0.3, -0.25) is 4.79 Å². The van der Waals surface area contributed by atoms with E-state index >= 15 is 0 Å². The molecule has 3 nitrogen and oxygen atoms in total. The highest BCUT2D eigenvalue weighted by atomic mass is 19.1. The van der Waals surface area contributed by atoms with E-state index in [9.17, 15) is 9.18 Å². The number of halogens is 1. The van der Waals surface area contributed by atoms with Crippen LogP contribution in [0.2, 0.25) is 0 Å². The molecule has 1 heterocycles. The second kappa shape index (κ2) is 4.96. The highest BCUT2D eigenvalue weighted by Gasteiger charge is 2.31. The summed E-state index contributed by atoms with van der Waals surface area (Å²) in [4.78, 5) is 14.2. The van der Waals surface area contributed by atoms with Crippen LogP contribution in [0, 0.1) is 11.7 Å². The van der Waals surface area contributed by atoms with Crippen LogP contribution in [0.3, 0.4) is 0 Å². The molecule has 1 unspecified atom stereocenters. The maximum absolute atomic E-state index is 13.4. The van der Waals surface area contributed by atoms with Crippen LogP contribution in [0.15, 0.2) is 18.2 Å². The van der Waals surface area contributed by atoms with E-state index in [0.29, 0.717) is 11.5 Å². The van der Waals surface area contributed by atoms with E-state index in [1.165, 1.54) is 12.1 Å². The molecule has 1 amide bonds. The molecular formula is C14H19FN2O. The van der Waals surface area contributed by atoms with Gasteiger partial charge in [0, 0.05) is 18.2 Å². The smallest absolute Gasteiger partial charge is 0.254 e. The molecule has 1 saturated heterocycles. The Morgan fingerprint density at radius 1 is 1.50 bits per heavy atom. The maximum Gasteiger partial charge on any atom is 0.254 e. The Bertz CT molecular complexity index is 459. The Morgan fingerprint density at radius 2 is 2.22 bits per heavy atom. The molecular weight excluding hydrogens is 231 g/mol. The van der Waals surface area contributed by atoms with Crippen molar-refractivity contribution in [1.29, 1.82) is 0 Å². The van der Waals surface area contributed by atoms with Crippen molar-refractivity contribution >= 4 is 11.6 Å². The first-order valence-electron chi connectivity index (χ1n) is 6.36. The minimum absolute atomic E-state index is 0.0772. The zero-order chi connectivity index (χ0) is 13.3. The molecule has 1 aliphatic heterocycles. The minimum Gasteiger partial charge on any atom is -0.396 e. The molecule has 2 rings (SSSR count). The molecule has 1 aliphatic rings. The molecule has 0 aromatic heterocycles. The molecule has 0 aliphatic carbocycles. The molecule has 1 fully saturated rings. The zero-order valence-electron chi connectivity index (χ0n) is 10.8. The molecule has 4 heteroatoms. The van der Waals surface area contributed by atoms with Crippen LogP contribution >= 0.6 is 0 Å². The number of anilines is 1. The molecule has 0 spiro atoms. The van der Waals surface area contributed by atoms with Crippen molar-refractivity contribution in [1.82, 2.24) is 4.90 Å². The summed E-state index contributed by atoms with van der Waals surface area (Å²) in [6.07, 6.45) is 2.05. The number of carbonyl (C=O) groups is 1. The third-order valence-electron chi connectivity index (χ3n) is 3.58. The number of likely N-dealkylation sites (tertiary alicyclic amines) is 1.